The number of rotatable bonds is 7. The van der Waals surface area contributed by atoms with Crippen LogP contribution in [0.4, 0.5) is 4.39 Å². The number of hydrogen-bond acceptors (Lipinski definition) is 2. The number of pyridine rings is 1. The van der Waals surface area contributed by atoms with E-state index in [9.17, 15) is 4.39 Å². The molecule has 1 unspecified atom stereocenters. The van der Waals surface area contributed by atoms with Crippen molar-refractivity contribution in [1.82, 2.24) is 14.9 Å². The number of aromatic nitrogens is 2. The average molecular weight is 289 g/mol. The van der Waals surface area contributed by atoms with Gasteiger partial charge in [-0.25, -0.2) is 4.39 Å². The fourth-order valence-electron chi connectivity index (χ4n) is 2.53. The van der Waals surface area contributed by atoms with Gasteiger partial charge in [0.25, 0.3) is 0 Å². The van der Waals surface area contributed by atoms with E-state index in [0.717, 1.165) is 18.5 Å². The molecule has 0 saturated carbocycles. The van der Waals surface area contributed by atoms with Crippen LogP contribution in [0.15, 0.2) is 36.9 Å². The summed E-state index contributed by atoms with van der Waals surface area (Å²) in [4.78, 5) is 3.89. The van der Waals surface area contributed by atoms with E-state index in [0.29, 0.717) is 18.5 Å². The molecule has 0 fully saturated rings. The molecule has 1 atom stereocenters. The Morgan fingerprint density at radius 1 is 1.33 bits per heavy atom. The van der Waals surface area contributed by atoms with Crippen molar-refractivity contribution in [2.75, 3.05) is 6.54 Å². The maximum atomic E-state index is 13.2. The highest BCUT2D eigenvalue weighted by atomic mass is 19.1. The van der Waals surface area contributed by atoms with Crippen LogP contribution in [0.1, 0.15) is 44.4 Å². The molecule has 0 aromatic carbocycles. The number of halogens is 1. The molecule has 0 aliphatic carbocycles. The summed E-state index contributed by atoms with van der Waals surface area (Å²) in [7, 11) is 0. The molecule has 0 amide bonds. The van der Waals surface area contributed by atoms with Crippen LogP contribution < -0.4 is 5.32 Å². The molecule has 0 aliphatic heterocycles. The van der Waals surface area contributed by atoms with Gasteiger partial charge in [-0.3, -0.25) is 4.98 Å². The summed E-state index contributed by atoms with van der Waals surface area (Å²) < 4.78 is 15.2. The first-order valence-electron chi connectivity index (χ1n) is 7.58. The Balaban J connectivity index is 2.09. The highest BCUT2D eigenvalue weighted by Crippen LogP contribution is 2.22. The lowest BCUT2D eigenvalue weighted by Crippen LogP contribution is -2.26. The Morgan fingerprint density at radius 2 is 2.14 bits per heavy atom. The van der Waals surface area contributed by atoms with Gasteiger partial charge in [-0.1, -0.05) is 20.8 Å². The largest absolute Gasteiger partial charge is 0.350 e. The van der Waals surface area contributed by atoms with E-state index in [1.807, 2.05) is 6.20 Å². The zero-order valence-corrected chi connectivity index (χ0v) is 13.0. The van der Waals surface area contributed by atoms with Crippen molar-refractivity contribution in [3.05, 3.63) is 53.9 Å². The molecule has 0 saturated heterocycles. The van der Waals surface area contributed by atoms with Gasteiger partial charge in [0.2, 0.25) is 0 Å². The Hall–Kier alpha value is -1.68. The predicted octanol–water partition coefficient (Wildman–Crippen LogP) is 3.77. The molecule has 0 radical (unpaired) electrons. The molecule has 2 aromatic rings. The Bertz CT molecular complexity index is 563. The second-order valence-corrected chi connectivity index (χ2v) is 5.80. The monoisotopic (exact) mass is 289 g/mol. The number of nitrogens with zero attached hydrogens (tertiary/aromatic N) is 2. The second-order valence-electron chi connectivity index (χ2n) is 5.80. The molecule has 114 valence electrons. The third-order valence-corrected chi connectivity index (χ3v) is 3.54. The summed E-state index contributed by atoms with van der Waals surface area (Å²) in [5.74, 6) is 0.243. The number of nitrogens with one attached hydrogen (secondary N) is 1. The van der Waals surface area contributed by atoms with Gasteiger partial charge in [0, 0.05) is 31.2 Å². The maximum Gasteiger partial charge on any atom is 0.141 e. The van der Waals surface area contributed by atoms with Crippen LogP contribution in [-0.4, -0.2) is 16.1 Å². The quantitative estimate of drug-likeness (QED) is 0.841. The lowest BCUT2D eigenvalue weighted by Gasteiger charge is -2.21. The van der Waals surface area contributed by atoms with Gasteiger partial charge in [-0.2, -0.15) is 0 Å². The van der Waals surface area contributed by atoms with E-state index in [2.05, 4.69) is 47.9 Å². The van der Waals surface area contributed by atoms with E-state index in [1.54, 1.807) is 6.20 Å². The minimum Gasteiger partial charge on any atom is -0.350 e. The van der Waals surface area contributed by atoms with Gasteiger partial charge in [0.15, 0.2) is 0 Å². The standard InChI is InChI=1S/C17H24FN3/c1-4-6-20-17(13(2)3)15-5-7-21(12-15)11-14-8-16(18)10-19-9-14/h5,7-10,12-13,17,20H,4,6,11H2,1-3H3. The van der Waals surface area contributed by atoms with Crippen molar-refractivity contribution in [1.29, 1.82) is 0 Å². The fraction of sp³-hybridized carbons (Fsp3) is 0.471. The first-order valence-corrected chi connectivity index (χ1v) is 7.58. The van der Waals surface area contributed by atoms with E-state index in [-0.39, 0.29) is 5.82 Å². The molecule has 21 heavy (non-hydrogen) atoms. The van der Waals surface area contributed by atoms with Gasteiger partial charge in [-0.15, -0.1) is 0 Å². The molecule has 2 rings (SSSR count). The van der Waals surface area contributed by atoms with Crippen molar-refractivity contribution in [3.8, 4) is 0 Å². The SMILES string of the molecule is CCCNC(c1ccn(Cc2cncc(F)c2)c1)C(C)C. The van der Waals surface area contributed by atoms with E-state index in [4.69, 9.17) is 0 Å². The third-order valence-electron chi connectivity index (χ3n) is 3.54. The zero-order valence-electron chi connectivity index (χ0n) is 13.0. The highest BCUT2D eigenvalue weighted by molar-refractivity contribution is 5.18. The summed E-state index contributed by atoms with van der Waals surface area (Å²) >= 11 is 0. The Labute approximate surface area is 126 Å². The summed E-state index contributed by atoms with van der Waals surface area (Å²) in [6.07, 6.45) is 8.24. The van der Waals surface area contributed by atoms with Gasteiger partial charge in [-0.05, 0) is 42.1 Å². The lowest BCUT2D eigenvalue weighted by atomic mass is 9.98. The maximum absolute atomic E-state index is 13.2. The van der Waals surface area contributed by atoms with Crippen LogP contribution in [0.2, 0.25) is 0 Å². The lowest BCUT2D eigenvalue weighted by molar-refractivity contribution is 0.412. The first-order chi connectivity index (χ1) is 10.1. The first kappa shape index (κ1) is 15.7. The summed E-state index contributed by atoms with van der Waals surface area (Å²) in [5.41, 5.74) is 2.16. The van der Waals surface area contributed by atoms with Crippen LogP contribution in [0, 0.1) is 11.7 Å². The van der Waals surface area contributed by atoms with Crippen LogP contribution in [-0.2, 0) is 6.54 Å². The fourth-order valence-corrected chi connectivity index (χ4v) is 2.53. The summed E-state index contributed by atoms with van der Waals surface area (Å²) in [5, 5.41) is 3.59. The average Bonchev–Trinajstić information content (AvgIpc) is 2.87. The van der Waals surface area contributed by atoms with Crippen molar-refractivity contribution < 1.29 is 4.39 Å². The van der Waals surface area contributed by atoms with Gasteiger partial charge in [0.05, 0.1) is 6.20 Å². The molecule has 2 aromatic heterocycles. The van der Waals surface area contributed by atoms with Gasteiger partial charge >= 0.3 is 0 Å². The van der Waals surface area contributed by atoms with Gasteiger partial charge in [0.1, 0.15) is 5.82 Å². The minimum absolute atomic E-state index is 0.287. The van der Waals surface area contributed by atoms with Gasteiger partial charge < -0.3 is 9.88 Å². The smallest absolute Gasteiger partial charge is 0.141 e. The van der Waals surface area contributed by atoms with Crippen LogP contribution in [0.25, 0.3) is 0 Å². The van der Waals surface area contributed by atoms with Crippen molar-refractivity contribution in [2.24, 2.45) is 5.92 Å². The highest BCUT2D eigenvalue weighted by Gasteiger charge is 2.15. The third kappa shape index (κ3) is 4.39. The van der Waals surface area contributed by atoms with E-state index in [1.165, 1.54) is 17.8 Å². The Morgan fingerprint density at radius 3 is 2.81 bits per heavy atom. The molecule has 0 aliphatic rings. The number of hydrogen-bond donors (Lipinski definition) is 1. The molecule has 0 bridgehead atoms. The van der Waals surface area contributed by atoms with Crippen LogP contribution in [0.3, 0.4) is 0 Å². The molecule has 3 nitrogen and oxygen atoms in total. The molecule has 1 N–H and O–H groups in total. The van der Waals surface area contributed by atoms with Crippen LogP contribution >= 0.6 is 0 Å². The van der Waals surface area contributed by atoms with Crippen LogP contribution in [0.5, 0.6) is 0 Å². The predicted molar refractivity (Wildman–Crippen MR) is 83.6 cm³/mol. The second kappa shape index (κ2) is 7.36. The van der Waals surface area contributed by atoms with Crippen molar-refractivity contribution >= 4 is 0 Å². The van der Waals surface area contributed by atoms with E-state index >= 15 is 0 Å². The summed E-state index contributed by atoms with van der Waals surface area (Å²) in [6.45, 7) is 8.28. The normalized spacial score (nSPS) is 12.8. The van der Waals surface area contributed by atoms with E-state index < -0.39 is 0 Å². The molecule has 0 spiro atoms. The topological polar surface area (TPSA) is 29.9 Å². The molecular formula is C17H24FN3. The molecular weight excluding hydrogens is 265 g/mol. The molecule has 2 heterocycles. The summed E-state index contributed by atoms with van der Waals surface area (Å²) in [6, 6.07) is 4.03. The van der Waals surface area contributed by atoms with Crippen molar-refractivity contribution in [2.45, 2.75) is 39.8 Å². The Kier molecular flexibility index (Phi) is 5.51. The molecule has 4 heteroatoms. The minimum atomic E-state index is -0.287. The van der Waals surface area contributed by atoms with Crippen molar-refractivity contribution in [3.63, 3.8) is 0 Å². The zero-order chi connectivity index (χ0) is 15.2.